The lowest BCUT2D eigenvalue weighted by molar-refractivity contribution is -0.148. The zero-order valence-electron chi connectivity index (χ0n) is 19.9. The normalized spacial score (nSPS) is 16.6. The lowest BCUT2D eigenvalue weighted by atomic mass is 9.99. The van der Waals surface area contributed by atoms with Gasteiger partial charge in [-0.2, -0.15) is 0 Å². The van der Waals surface area contributed by atoms with Gasteiger partial charge in [-0.05, 0) is 62.5 Å². The Morgan fingerprint density at radius 1 is 1.26 bits per heavy atom. The number of amides is 2. The first kappa shape index (κ1) is 25.0. The van der Waals surface area contributed by atoms with Crippen molar-refractivity contribution in [3.05, 3.63) is 65.2 Å². The van der Waals surface area contributed by atoms with Crippen molar-refractivity contribution in [2.24, 2.45) is 0 Å². The summed E-state index contributed by atoms with van der Waals surface area (Å²) in [5.74, 6) is 0.000470. The average molecular weight is 465 g/mol. The Morgan fingerprint density at radius 2 is 2.00 bits per heavy atom. The molecule has 0 atom stereocenters. The van der Waals surface area contributed by atoms with Crippen LogP contribution in [0.15, 0.2) is 48.3 Å². The van der Waals surface area contributed by atoms with Crippen LogP contribution in [0.2, 0.25) is 0 Å². The zero-order chi connectivity index (χ0) is 25.0. The van der Waals surface area contributed by atoms with Crippen LogP contribution in [0.3, 0.4) is 0 Å². The molecule has 0 radical (unpaired) electrons. The van der Waals surface area contributed by atoms with E-state index in [1.807, 2.05) is 6.92 Å². The third kappa shape index (κ3) is 5.85. The maximum atomic E-state index is 12.7. The van der Waals surface area contributed by atoms with Crippen molar-refractivity contribution in [2.75, 3.05) is 13.1 Å². The van der Waals surface area contributed by atoms with Crippen LogP contribution in [0.4, 0.5) is 0 Å². The quantitative estimate of drug-likeness (QED) is 0.292. The summed E-state index contributed by atoms with van der Waals surface area (Å²) in [6, 6.07) is 1.67. The van der Waals surface area contributed by atoms with Gasteiger partial charge in [-0.1, -0.05) is 18.7 Å². The van der Waals surface area contributed by atoms with Gasteiger partial charge in [0, 0.05) is 37.9 Å². The lowest BCUT2D eigenvalue weighted by Gasteiger charge is -2.32. The number of allylic oxidation sites excluding steroid dienone is 3. The fourth-order valence-electron chi connectivity index (χ4n) is 3.90. The molecule has 1 saturated heterocycles. The molecule has 0 bridgehead atoms. The average Bonchev–Trinajstić information content (AvgIpc) is 3.22. The Balaban J connectivity index is 1.60. The molecule has 3 heterocycles. The first-order valence-corrected chi connectivity index (χ1v) is 11.3. The molecule has 2 amide bonds. The first-order valence-electron chi connectivity index (χ1n) is 11.3. The molecule has 4 N–H and O–H groups in total. The van der Waals surface area contributed by atoms with E-state index in [4.69, 9.17) is 10.8 Å². The van der Waals surface area contributed by atoms with Crippen LogP contribution in [0.25, 0.3) is 0 Å². The summed E-state index contributed by atoms with van der Waals surface area (Å²) in [4.78, 5) is 32.6. The summed E-state index contributed by atoms with van der Waals surface area (Å²) in [6.45, 7) is 10.1. The van der Waals surface area contributed by atoms with Crippen molar-refractivity contribution in [3.8, 4) is 0 Å². The molecule has 180 valence electrons. The number of pyridine rings is 1. The molecule has 2 aliphatic heterocycles. The molecule has 9 heteroatoms. The molecule has 34 heavy (non-hydrogen) atoms. The van der Waals surface area contributed by atoms with Crippen LogP contribution >= 0.6 is 0 Å². The monoisotopic (exact) mass is 464 g/mol. The highest BCUT2D eigenvalue weighted by Crippen LogP contribution is 2.22. The number of hydrogen-bond donors (Lipinski definition) is 4. The summed E-state index contributed by atoms with van der Waals surface area (Å²) in [5.41, 5.74) is 1.65. The van der Waals surface area contributed by atoms with Gasteiger partial charge < -0.3 is 20.2 Å². The van der Waals surface area contributed by atoms with E-state index in [1.165, 1.54) is 13.8 Å². The second kappa shape index (κ2) is 10.1. The summed E-state index contributed by atoms with van der Waals surface area (Å²) < 4.78 is 0. The van der Waals surface area contributed by atoms with E-state index in [0.29, 0.717) is 55.4 Å². The summed E-state index contributed by atoms with van der Waals surface area (Å²) >= 11 is 0. The van der Waals surface area contributed by atoms with Gasteiger partial charge in [-0.3, -0.25) is 25.4 Å². The zero-order valence-corrected chi connectivity index (χ0v) is 19.9. The van der Waals surface area contributed by atoms with E-state index in [-0.39, 0.29) is 11.6 Å². The maximum absolute atomic E-state index is 12.7. The summed E-state index contributed by atoms with van der Waals surface area (Å²) in [5, 5.41) is 28.8. The van der Waals surface area contributed by atoms with Crippen molar-refractivity contribution in [1.82, 2.24) is 20.1 Å². The van der Waals surface area contributed by atoms with E-state index in [9.17, 15) is 14.7 Å². The minimum absolute atomic E-state index is 0.215. The predicted molar refractivity (Wildman–Crippen MR) is 131 cm³/mol. The van der Waals surface area contributed by atoms with E-state index in [2.05, 4.69) is 16.9 Å². The number of nitrogens with zero attached hydrogens (tertiary/aromatic N) is 3. The Hall–Kier alpha value is -3.59. The van der Waals surface area contributed by atoms with Gasteiger partial charge in [-0.15, -0.1) is 0 Å². The largest absolute Gasteiger partial charge is 0.381 e. The summed E-state index contributed by atoms with van der Waals surface area (Å²) in [6.07, 6.45) is 8.92. The van der Waals surface area contributed by atoms with Gasteiger partial charge in [0.1, 0.15) is 23.0 Å². The topological polar surface area (TPSA) is 133 Å². The third-order valence-corrected chi connectivity index (χ3v) is 5.82. The van der Waals surface area contributed by atoms with Gasteiger partial charge in [-0.25, -0.2) is 0 Å². The van der Waals surface area contributed by atoms with Crippen molar-refractivity contribution in [1.29, 1.82) is 10.8 Å². The number of nitrogens with one attached hydrogen (secondary N) is 3. The van der Waals surface area contributed by atoms with E-state index in [1.54, 1.807) is 40.3 Å². The maximum Gasteiger partial charge on any atom is 0.274 e. The highest BCUT2D eigenvalue weighted by molar-refractivity contribution is 6.07. The Kier molecular flexibility index (Phi) is 7.46. The van der Waals surface area contributed by atoms with Crippen LogP contribution < -0.4 is 5.32 Å². The van der Waals surface area contributed by atoms with Gasteiger partial charge in [0.05, 0.1) is 0 Å². The number of likely N-dealkylation sites (tertiary alicyclic amines) is 1. The fourth-order valence-corrected chi connectivity index (χ4v) is 3.90. The van der Waals surface area contributed by atoms with Gasteiger partial charge in [0.15, 0.2) is 0 Å². The number of fused-ring (bicyclic) bond motifs is 1. The van der Waals surface area contributed by atoms with E-state index in [0.717, 1.165) is 17.5 Å². The number of amidine groups is 2. The Labute approximate surface area is 199 Å². The van der Waals surface area contributed by atoms with Crippen LogP contribution in [0.1, 0.15) is 55.2 Å². The lowest BCUT2D eigenvalue weighted by Crippen LogP contribution is -2.47. The molecule has 0 aliphatic carbocycles. The first-order chi connectivity index (χ1) is 16.0. The van der Waals surface area contributed by atoms with Crippen molar-refractivity contribution in [3.63, 3.8) is 0 Å². The molecule has 0 aromatic carbocycles. The highest BCUT2D eigenvalue weighted by Gasteiger charge is 2.31. The molecule has 9 nitrogen and oxygen atoms in total. The van der Waals surface area contributed by atoms with E-state index < -0.39 is 11.5 Å². The molecule has 2 aliphatic rings. The Bertz CT molecular complexity index is 1100. The number of rotatable bonds is 6. The molecule has 0 unspecified atom stereocenters. The number of hydrogen-bond acceptors (Lipinski definition) is 6. The number of carbonyl (C=O) groups excluding carboxylic acids is 2. The number of carbonyl (C=O) groups is 2. The highest BCUT2D eigenvalue weighted by atomic mass is 16.3. The van der Waals surface area contributed by atoms with Crippen LogP contribution in [0.5, 0.6) is 0 Å². The molecule has 0 saturated carbocycles. The molecular weight excluding hydrogens is 432 g/mol. The number of aromatic nitrogens is 1. The van der Waals surface area contributed by atoms with Crippen molar-refractivity contribution >= 4 is 23.5 Å². The van der Waals surface area contributed by atoms with Crippen molar-refractivity contribution in [2.45, 2.75) is 52.2 Å². The standard InChI is InChI=1S/C25H32N6O3/c1-16(22(27)31-11-6-9-21(31)26)7-5-8-17(2)29-23(32)20-13-19-15-30(24(33)25(3,4)34)12-10-18(19)14-28-20/h5,7-8,13-14,26-27,34H,2,6,9-12,15H2,1,3-4H3,(H,29,32)/b8-5-,16-7+,26-21?,27-22?. The second-order valence-corrected chi connectivity index (χ2v) is 9.11. The fraction of sp³-hybridized carbons (Fsp3) is 0.400. The van der Waals surface area contributed by atoms with Gasteiger partial charge in [0.2, 0.25) is 0 Å². The molecule has 1 fully saturated rings. The minimum Gasteiger partial charge on any atom is -0.381 e. The third-order valence-electron chi connectivity index (χ3n) is 5.82. The molecule has 3 rings (SSSR count). The summed E-state index contributed by atoms with van der Waals surface area (Å²) in [7, 11) is 0. The SMILES string of the molecule is C=C(/C=C\C=C(/C)C(=N)N1CCCC1=N)NC(=O)c1cc2c(cn1)CCN(C(=O)C(C)(C)O)C2. The van der Waals surface area contributed by atoms with Crippen LogP contribution in [-0.2, 0) is 17.8 Å². The van der Waals surface area contributed by atoms with Gasteiger partial charge in [0.25, 0.3) is 11.8 Å². The Morgan fingerprint density at radius 3 is 2.65 bits per heavy atom. The molecule has 0 spiro atoms. The van der Waals surface area contributed by atoms with E-state index >= 15 is 0 Å². The molecule has 1 aromatic rings. The molecule has 1 aromatic heterocycles. The minimum atomic E-state index is -1.45. The number of aliphatic hydroxyl groups is 1. The molecular formula is C25H32N6O3. The van der Waals surface area contributed by atoms with Crippen LogP contribution in [0, 0.1) is 10.8 Å². The van der Waals surface area contributed by atoms with Crippen molar-refractivity contribution < 1.29 is 14.7 Å². The van der Waals surface area contributed by atoms with Crippen LogP contribution in [-0.4, -0.2) is 62.1 Å². The second-order valence-electron chi connectivity index (χ2n) is 9.11. The van der Waals surface area contributed by atoms with Gasteiger partial charge >= 0.3 is 0 Å². The predicted octanol–water partition coefficient (Wildman–Crippen LogP) is 2.53. The smallest absolute Gasteiger partial charge is 0.274 e.